The zero-order valence-corrected chi connectivity index (χ0v) is 19.3. The minimum Gasteiger partial charge on any atom is -0.322 e. The lowest BCUT2D eigenvalue weighted by Gasteiger charge is -2.26. The van der Waals surface area contributed by atoms with Gasteiger partial charge in [0.15, 0.2) is 0 Å². The standard InChI is InChI=1S/C21H22ClN3O4S2/c1-24-17-11-14(5-7-18(17)30-13-20(24)26)21(27)23-15-6-8-19(16(22)12-15)31(28,29)25-9-3-2-4-10-25/h5-8,11-12H,2-4,9-10,13H2,1H3,(H,23,27). The maximum atomic E-state index is 12.9. The highest BCUT2D eigenvalue weighted by Crippen LogP contribution is 2.35. The molecule has 2 heterocycles. The third-order valence-corrected chi connectivity index (χ3v) is 8.86. The number of thioether (sulfide) groups is 1. The van der Waals surface area contributed by atoms with Crippen LogP contribution < -0.4 is 10.2 Å². The van der Waals surface area contributed by atoms with Gasteiger partial charge in [0.2, 0.25) is 15.9 Å². The molecular formula is C21H22ClN3O4S2. The molecule has 1 N–H and O–H groups in total. The molecule has 2 aromatic rings. The Kier molecular flexibility index (Phi) is 6.30. The first-order valence-corrected chi connectivity index (χ1v) is 12.7. The van der Waals surface area contributed by atoms with Crippen LogP contribution in [0.2, 0.25) is 5.02 Å². The molecule has 1 saturated heterocycles. The van der Waals surface area contributed by atoms with Gasteiger partial charge in [-0.15, -0.1) is 11.8 Å². The molecule has 10 heteroatoms. The topological polar surface area (TPSA) is 86.8 Å². The molecule has 31 heavy (non-hydrogen) atoms. The molecule has 164 valence electrons. The minimum atomic E-state index is -3.66. The summed E-state index contributed by atoms with van der Waals surface area (Å²) in [5.74, 6) is -0.0190. The first-order valence-electron chi connectivity index (χ1n) is 9.92. The lowest BCUT2D eigenvalue weighted by atomic mass is 10.1. The number of halogens is 1. The highest BCUT2D eigenvalue weighted by Gasteiger charge is 2.28. The Morgan fingerprint density at radius 3 is 2.55 bits per heavy atom. The molecule has 2 amide bonds. The van der Waals surface area contributed by atoms with E-state index >= 15 is 0 Å². The molecule has 2 aliphatic heterocycles. The predicted octanol–water partition coefficient (Wildman–Crippen LogP) is 3.84. The molecule has 7 nitrogen and oxygen atoms in total. The first-order chi connectivity index (χ1) is 14.8. The number of fused-ring (bicyclic) bond motifs is 1. The Morgan fingerprint density at radius 2 is 1.84 bits per heavy atom. The first kappa shape index (κ1) is 22.1. The van der Waals surface area contributed by atoms with Gasteiger partial charge >= 0.3 is 0 Å². The van der Waals surface area contributed by atoms with Crippen LogP contribution in [0.15, 0.2) is 46.2 Å². The fraction of sp³-hybridized carbons (Fsp3) is 0.333. The van der Waals surface area contributed by atoms with Crippen molar-refractivity contribution >= 4 is 56.6 Å². The molecule has 0 spiro atoms. The normalized spacial score (nSPS) is 17.4. The number of nitrogens with zero attached hydrogens (tertiary/aromatic N) is 2. The monoisotopic (exact) mass is 479 g/mol. The van der Waals surface area contributed by atoms with E-state index in [4.69, 9.17) is 11.6 Å². The summed E-state index contributed by atoms with van der Waals surface area (Å²) in [5, 5.41) is 2.81. The van der Waals surface area contributed by atoms with Crippen LogP contribution >= 0.6 is 23.4 Å². The number of hydrogen-bond acceptors (Lipinski definition) is 5. The van der Waals surface area contributed by atoms with Gasteiger partial charge in [-0.25, -0.2) is 8.42 Å². The van der Waals surface area contributed by atoms with E-state index in [9.17, 15) is 18.0 Å². The van der Waals surface area contributed by atoms with Crippen molar-refractivity contribution in [3.8, 4) is 0 Å². The second-order valence-corrected chi connectivity index (χ2v) is 10.8. The van der Waals surface area contributed by atoms with E-state index in [0.29, 0.717) is 35.8 Å². The Labute approximate surface area is 190 Å². The van der Waals surface area contributed by atoms with Crippen LogP contribution in [0.3, 0.4) is 0 Å². The number of piperidine rings is 1. The number of carbonyl (C=O) groups is 2. The van der Waals surface area contributed by atoms with Crippen molar-refractivity contribution in [3.63, 3.8) is 0 Å². The van der Waals surface area contributed by atoms with Crippen molar-refractivity contribution in [3.05, 3.63) is 47.0 Å². The predicted molar refractivity (Wildman–Crippen MR) is 123 cm³/mol. The van der Waals surface area contributed by atoms with Gasteiger partial charge in [-0.2, -0.15) is 4.31 Å². The third kappa shape index (κ3) is 4.45. The van der Waals surface area contributed by atoms with E-state index in [1.807, 2.05) is 6.07 Å². The van der Waals surface area contributed by atoms with Crippen molar-refractivity contribution in [2.24, 2.45) is 0 Å². The number of sulfonamides is 1. The van der Waals surface area contributed by atoms with E-state index in [-0.39, 0.29) is 21.7 Å². The summed E-state index contributed by atoms with van der Waals surface area (Å²) in [6.45, 7) is 0.982. The Morgan fingerprint density at radius 1 is 1.10 bits per heavy atom. The summed E-state index contributed by atoms with van der Waals surface area (Å²) in [4.78, 5) is 27.2. The summed E-state index contributed by atoms with van der Waals surface area (Å²) >= 11 is 7.73. The highest BCUT2D eigenvalue weighted by atomic mass is 35.5. The van der Waals surface area contributed by atoms with E-state index in [0.717, 1.165) is 24.2 Å². The van der Waals surface area contributed by atoms with Gasteiger partial charge in [0, 0.05) is 36.3 Å². The zero-order valence-electron chi connectivity index (χ0n) is 16.9. The largest absolute Gasteiger partial charge is 0.322 e. The molecule has 2 aliphatic rings. The molecule has 0 radical (unpaired) electrons. The number of hydrogen-bond donors (Lipinski definition) is 1. The highest BCUT2D eigenvalue weighted by molar-refractivity contribution is 8.00. The van der Waals surface area contributed by atoms with Gasteiger partial charge in [0.05, 0.1) is 16.5 Å². The molecule has 0 unspecified atom stereocenters. The second kappa shape index (κ2) is 8.82. The van der Waals surface area contributed by atoms with Gasteiger partial charge in [0.25, 0.3) is 5.91 Å². The van der Waals surface area contributed by atoms with Crippen LogP contribution in [-0.4, -0.2) is 50.4 Å². The summed E-state index contributed by atoms with van der Waals surface area (Å²) in [6.07, 6.45) is 2.70. The smallest absolute Gasteiger partial charge is 0.255 e. The Hall–Kier alpha value is -2.07. The molecule has 0 aliphatic carbocycles. The van der Waals surface area contributed by atoms with E-state index in [1.54, 1.807) is 24.1 Å². The second-order valence-electron chi connectivity index (χ2n) is 7.49. The number of benzene rings is 2. The number of rotatable bonds is 4. The fourth-order valence-electron chi connectivity index (χ4n) is 3.65. The molecule has 0 bridgehead atoms. The molecule has 2 aromatic carbocycles. The van der Waals surface area contributed by atoms with E-state index < -0.39 is 10.0 Å². The maximum Gasteiger partial charge on any atom is 0.255 e. The van der Waals surface area contributed by atoms with Crippen molar-refractivity contribution in [1.82, 2.24) is 4.31 Å². The third-order valence-electron chi connectivity index (χ3n) is 5.43. The molecule has 0 aromatic heterocycles. The van der Waals surface area contributed by atoms with Gasteiger partial charge in [-0.1, -0.05) is 18.0 Å². The summed E-state index contributed by atoms with van der Waals surface area (Å²) in [7, 11) is -1.98. The SMILES string of the molecule is CN1C(=O)CSc2ccc(C(=O)Nc3ccc(S(=O)(=O)N4CCCCC4)c(Cl)c3)cc21. The van der Waals surface area contributed by atoms with Crippen molar-refractivity contribution in [1.29, 1.82) is 0 Å². The van der Waals surface area contributed by atoms with Crippen molar-refractivity contribution in [2.45, 2.75) is 29.1 Å². The molecule has 1 fully saturated rings. The van der Waals surface area contributed by atoms with E-state index in [1.165, 1.54) is 34.3 Å². The number of amides is 2. The molecule has 4 rings (SSSR count). The Bertz CT molecular complexity index is 1150. The molecular weight excluding hydrogens is 458 g/mol. The van der Waals surface area contributed by atoms with Crippen LogP contribution in [0.1, 0.15) is 29.6 Å². The minimum absolute atomic E-state index is 0.0210. The number of carbonyl (C=O) groups excluding carboxylic acids is 2. The Balaban J connectivity index is 1.53. The maximum absolute atomic E-state index is 12.9. The quantitative estimate of drug-likeness (QED) is 0.720. The average molecular weight is 480 g/mol. The van der Waals surface area contributed by atoms with Gasteiger partial charge in [-0.05, 0) is 49.2 Å². The lowest BCUT2D eigenvalue weighted by Crippen LogP contribution is -2.35. The zero-order chi connectivity index (χ0) is 22.2. The average Bonchev–Trinajstić information content (AvgIpc) is 2.76. The van der Waals surface area contributed by atoms with Crippen LogP contribution in [-0.2, 0) is 14.8 Å². The van der Waals surface area contributed by atoms with Crippen molar-refractivity contribution in [2.75, 3.05) is 36.1 Å². The van der Waals surface area contributed by atoms with Crippen molar-refractivity contribution < 1.29 is 18.0 Å². The van der Waals surface area contributed by atoms with Crippen LogP contribution in [0, 0.1) is 0 Å². The van der Waals surface area contributed by atoms with Crippen LogP contribution in [0.4, 0.5) is 11.4 Å². The lowest BCUT2D eigenvalue weighted by molar-refractivity contribution is -0.116. The summed E-state index contributed by atoms with van der Waals surface area (Å²) in [6, 6.07) is 9.59. The van der Waals surface area contributed by atoms with E-state index in [2.05, 4.69) is 5.32 Å². The van der Waals surface area contributed by atoms with Crippen LogP contribution in [0.25, 0.3) is 0 Å². The summed E-state index contributed by atoms with van der Waals surface area (Å²) in [5.41, 5.74) is 1.47. The summed E-state index contributed by atoms with van der Waals surface area (Å²) < 4.78 is 27.2. The van der Waals surface area contributed by atoms with Gasteiger partial charge < -0.3 is 10.2 Å². The molecule has 0 atom stereocenters. The molecule has 0 saturated carbocycles. The van der Waals surface area contributed by atoms with Gasteiger partial charge in [-0.3, -0.25) is 9.59 Å². The number of nitrogens with one attached hydrogen (secondary N) is 1. The van der Waals surface area contributed by atoms with Gasteiger partial charge in [0.1, 0.15) is 4.90 Å². The fourth-order valence-corrected chi connectivity index (χ4v) is 6.66. The number of anilines is 2. The van der Waals surface area contributed by atoms with Crippen LogP contribution in [0.5, 0.6) is 0 Å².